The predicted molar refractivity (Wildman–Crippen MR) is 256 cm³/mol. The Labute approximate surface area is 380 Å². The smallest absolute Gasteiger partial charge is 0.462 e. The number of ether oxygens (including phenoxy) is 2. The van der Waals surface area contributed by atoms with E-state index in [2.05, 4.69) is 74.6 Å². The zero-order valence-electron chi connectivity index (χ0n) is 39.1. The van der Waals surface area contributed by atoms with Crippen LogP contribution in [-0.4, -0.2) is 109 Å². The maximum Gasteiger partial charge on any atom is 0.472 e. The molecule has 0 bridgehead atoms. The normalized spacial score (nSPS) is 16.0. The third kappa shape index (κ3) is 42.3. The zero-order chi connectivity index (χ0) is 46.9. The molecular formula is C50H83NO11P+. The Morgan fingerprint density at radius 1 is 0.619 bits per heavy atom. The lowest BCUT2D eigenvalue weighted by atomic mass is 10.1. The van der Waals surface area contributed by atoms with E-state index in [9.17, 15) is 34.4 Å². The van der Waals surface area contributed by atoms with Gasteiger partial charge in [0.25, 0.3) is 0 Å². The van der Waals surface area contributed by atoms with Gasteiger partial charge in [0.1, 0.15) is 19.8 Å². The van der Waals surface area contributed by atoms with E-state index in [4.69, 9.17) is 18.5 Å². The molecule has 0 aromatic rings. The quantitative estimate of drug-likeness (QED) is 0.0116. The largest absolute Gasteiger partial charge is 0.472 e. The molecule has 4 N–H and O–H groups in total. The third-order valence-electron chi connectivity index (χ3n) is 9.15. The lowest BCUT2D eigenvalue weighted by Crippen LogP contribution is -2.37. The summed E-state index contributed by atoms with van der Waals surface area (Å²) in [6.07, 6.45) is 43.6. The topological polar surface area (TPSA) is 169 Å². The van der Waals surface area contributed by atoms with Crippen molar-refractivity contribution in [2.75, 3.05) is 47.5 Å². The van der Waals surface area contributed by atoms with Crippen molar-refractivity contribution >= 4 is 19.8 Å². The number of phosphoric acid groups is 1. The summed E-state index contributed by atoms with van der Waals surface area (Å²) in [6.45, 7) is 3.73. The van der Waals surface area contributed by atoms with E-state index in [-0.39, 0.29) is 38.9 Å². The van der Waals surface area contributed by atoms with Gasteiger partial charge in [0, 0.05) is 12.8 Å². The van der Waals surface area contributed by atoms with Crippen LogP contribution in [0.4, 0.5) is 0 Å². The van der Waals surface area contributed by atoms with E-state index in [0.717, 1.165) is 77.0 Å². The Morgan fingerprint density at radius 3 is 1.79 bits per heavy atom. The van der Waals surface area contributed by atoms with Crippen molar-refractivity contribution in [1.82, 2.24) is 0 Å². The van der Waals surface area contributed by atoms with Crippen molar-refractivity contribution < 1.29 is 57.4 Å². The van der Waals surface area contributed by atoms with E-state index < -0.39 is 50.8 Å². The summed E-state index contributed by atoms with van der Waals surface area (Å²) in [5.74, 6) is -1.18. The number of rotatable bonds is 39. The molecule has 13 heteroatoms. The van der Waals surface area contributed by atoms with Crippen LogP contribution in [-0.2, 0) is 32.7 Å². The number of phosphoric ester groups is 1. The van der Waals surface area contributed by atoms with Gasteiger partial charge in [-0.15, -0.1) is 0 Å². The van der Waals surface area contributed by atoms with Crippen LogP contribution in [0.3, 0.4) is 0 Å². The zero-order valence-corrected chi connectivity index (χ0v) is 40.0. The molecule has 0 amide bonds. The molecule has 0 spiro atoms. The van der Waals surface area contributed by atoms with Gasteiger partial charge in [0.2, 0.25) is 0 Å². The summed E-state index contributed by atoms with van der Waals surface area (Å²) in [5, 5.41) is 30.6. The molecule has 0 saturated heterocycles. The molecule has 0 heterocycles. The number of unbranched alkanes of at least 4 members (excludes halogenated alkanes) is 5. The molecule has 0 aromatic heterocycles. The second-order valence-electron chi connectivity index (χ2n) is 16.3. The molecule has 0 saturated carbocycles. The van der Waals surface area contributed by atoms with Gasteiger partial charge >= 0.3 is 19.8 Å². The molecule has 12 nitrogen and oxygen atoms in total. The van der Waals surface area contributed by atoms with Gasteiger partial charge in [-0.25, -0.2) is 4.57 Å². The highest BCUT2D eigenvalue weighted by atomic mass is 31.2. The molecule has 358 valence electrons. The number of nitrogens with zero attached hydrogens (tertiary/aromatic N) is 1. The molecule has 0 fully saturated rings. The number of aliphatic hydroxyl groups is 3. The maximum atomic E-state index is 12.7. The van der Waals surface area contributed by atoms with Crippen molar-refractivity contribution in [1.29, 1.82) is 0 Å². The molecule has 0 aliphatic heterocycles. The minimum Gasteiger partial charge on any atom is -0.462 e. The molecule has 5 atom stereocenters. The fourth-order valence-corrected chi connectivity index (χ4v) is 6.16. The first-order valence-electron chi connectivity index (χ1n) is 22.9. The van der Waals surface area contributed by atoms with Gasteiger partial charge in [-0.3, -0.25) is 18.6 Å². The minimum atomic E-state index is -4.49. The average Bonchev–Trinajstić information content (AvgIpc) is 3.23. The van der Waals surface area contributed by atoms with Crippen molar-refractivity contribution in [3.05, 3.63) is 109 Å². The van der Waals surface area contributed by atoms with Gasteiger partial charge < -0.3 is 34.2 Å². The van der Waals surface area contributed by atoms with Crippen LogP contribution in [0.2, 0.25) is 0 Å². The first-order chi connectivity index (χ1) is 30.2. The monoisotopic (exact) mass is 905 g/mol. The van der Waals surface area contributed by atoms with E-state index in [1.165, 1.54) is 6.08 Å². The second-order valence-corrected chi connectivity index (χ2v) is 17.7. The Hall–Kier alpha value is -3.45. The minimum absolute atomic E-state index is 0.0445. The Kier molecular flexibility index (Phi) is 37.9. The maximum absolute atomic E-state index is 12.7. The summed E-state index contributed by atoms with van der Waals surface area (Å²) in [5.41, 5.74) is 0. The van der Waals surface area contributed by atoms with Crippen molar-refractivity contribution in [3.63, 3.8) is 0 Å². The predicted octanol–water partition coefficient (Wildman–Crippen LogP) is 10.0. The molecule has 1 unspecified atom stereocenters. The first kappa shape index (κ1) is 59.5. The van der Waals surface area contributed by atoms with Crippen LogP contribution in [0.1, 0.15) is 123 Å². The Bertz CT molecular complexity index is 1490. The summed E-state index contributed by atoms with van der Waals surface area (Å²) in [4.78, 5) is 35.5. The van der Waals surface area contributed by atoms with Gasteiger partial charge in [-0.05, 0) is 70.6 Å². The first-order valence-corrected chi connectivity index (χ1v) is 24.4. The van der Waals surface area contributed by atoms with Crippen molar-refractivity contribution in [3.8, 4) is 0 Å². The second kappa shape index (κ2) is 40.1. The number of hydrogen-bond donors (Lipinski definition) is 4. The summed E-state index contributed by atoms with van der Waals surface area (Å²) in [7, 11) is 1.22. The number of carbonyl (C=O) groups excluding carboxylic acids is 2. The fraction of sp³-hybridized carbons (Fsp3) is 0.600. The van der Waals surface area contributed by atoms with E-state index in [1.54, 1.807) is 42.5 Å². The van der Waals surface area contributed by atoms with Gasteiger partial charge in [-0.1, -0.05) is 149 Å². The van der Waals surface area contributed by atoms with Crippen LogP contribution in [0.15, 0.2) is 109 Å². The highest BCUT2D eigenvalue weighted by Crippen LogP contribution is 2.43. The molecule has 0 aliphatic carbocycles. The van der Waals surface area contributed by atoms with Crippen molar-refractivity contribution in [2.24, 2.45) is 0 Å². The summed E-state index contributed by atoms with van der Waals surface area (Å²) < 4.78 is 34.0. The number of allylic oxidation sites excluding steroid dienone is 16. The molecule has 0 aromatic carbocycles. The third-order valence-corrected chi connectivity index (χ3v) is 10.1. The standard InChI is InChI=1S/C50H82NO11P/c1-6-8-10-11-12-13-14-15-16-17-18-19-20-21-22-23-24-29-33-39-49(55)59-43-46(44-61-63(57,58)60-42-41-51(3,4)5)62-50(56)40-34-38-48(54)47(53)37-32-28-26-25-27-31-36-45(52)35-30-9-7-2/h8,10,12-13,15-16,18-19,21-22,25-28,31-32,36-37,45-48,52-54H,6-7,9,11,14,17,20,23-24,29-30,33-35,38-44H2,1-5H3/p+1/b10-8-,13-12-,16-15-,19-18-,22-21-,27-25-,28-26+,36-31+,37-32+/t45-,46+,47-,48-/m0/s1. The molecule has 0 aliphatic rings. The highest BCUT2D eigenvalue weighted by Gasteiger charge is 2.27. The molecule has 0 rings (SSSR count). The van der Waals surface area contributed by atoms with Crippen molar-refractivity contribution in [2.45, 2.75) is 147 Å². The summed E-state index contributed by atoms with van der Waals surface area (Å²) >= 11 is 0. The molecule has 63 heavy (non-hydrogen) atoms. The number of esters is 2. The van der Waals surface area contributed by atoms with Crippen LogP contribution in [0.25, 0.3) is 0 Å². The average molecular weight is 905 g/mol. The molecular weight excluding hydrogens is 822 g/mol. The van der Waals surface area contributed by atoms with E-state index >= 15 is 0 Å². The lowest BCUT2D eigenvalue weighted by Gasteiger charge is -2.24. The van der Waals surface area contributed by atoms with E-state index in [1.807, 2.05) is 21.1 Å². The number of carbonyl (C=O) groups is 2. The van der Waals surface area contributed by atoms with Crippen LogP contribution >= 0.6 is 7.82 Å². The highest BCUT2D eigenvalue weighted by molar-refractivity contribution is 7.47. The van der Waals surface area contributed by atoms with Crippen LogP contribution in [0, 0.1) is 0 Å². The van der Waals surface area contributed by atoms with Gasteiger partial charge in [0.15, 0.2) is 6.10 Å². The SMILES string of the molecule is CC/C=C\C/C=C\C/C=C\C/C=C\C/C=C\CCCCCC(=O)OC[C@H](COP(=O)(O)OCC[N+](C)(C)C)OC(=O)CCC[C@H](O)[C@@H](O)/C=C/C=C/C=C\C=C\[C@@H](O)CCCCC. The number of aliphatic hydroxyl groups excluding tert-OH is 3. The Balaban J connectivity index is 4.74. The van der Waals surface area contributed by atoms with Gasteiger partial charge in [0.05, 0.1) is 46.1 Å². The fourth-order valence-electron chi connectivity index (χ4n) is 5.42. The number of hydrogen-bond acceptors (Lipinski definition) is 10. The van der Waals surface area contributed by atoms with Crippen LogP contribution < -0.4 is 0 Å². The van der Waals surface area contributed by atoms with E-state index in [0.29, 0.717) is 17.4 Å². The Morgan fingerprint density at radius 2 is 1.19 bits per heavy atom. The number of likely N-dealkylation sites (N-methyl/N-ethyl adjacent to an activating group) is 1. The van der Waals surface area contributed by atoms with Crippen LogP contribution in [0.5, 0.6) is 0 Å². The molecule has 0 radical (unpaired) electrons. The van der Waals surface area contributed by atoms with Gasteiger partial charge in [-0.2, -0.15) is 0 Å². The number of quaternary nitrogens is 1. The summed E-state index contributed by atoms with van der Waals surface area (Å²) in [6, 6.07) is 0. The lowest BCUT2D eigenvalue weighted by molar-refractivity contribution is -0.870.